The molecule has 1 N–H and O–H groups in total. The van der Waals surface area contributed by atoms with Gasteiger partial charge in [0, 0.05) is 6.04 Å². The van der Waals surface area contributed by atoms with Crippen molar-refractivity contribution < 1.29 is 4.39 Å². The van der Waals surface area contributed by atoms with Crippen LogP contribution < -0.4 is 5.32 Å². The van der Waals surface area contributed by atoms with Gasteiger partial charge in [-0.05, 0) is 61.8 Å². The number of halogens is 1. The first kappa shape index (κ1) is 14.5. The molecule has 0 aromatic heterocycles. The van der Waals surface area contributed by atoms with Crippen LogP contribution >= 0.6 is 0 Å². The van der Waals surface area contributed by atoms with E-state index >= 15 is 0 Å². The summed E-state index contributed by atoms with van der Waals surface area (Å²) in [6, 6.07) is 7.68. The molecule has 3 atom stereocenters. The molecule has 2 rings (SSSR count). The quantitative estimate of drug-likeness (QED) is 0.840. The summed E-state index contributed by atoms with van der Waals surface area (Å²) in [6.45, 7) is 5.52. The zero-order valence-corrected chi connectivity index (χ0v) is 12.2. The van der Waals surface area contributed by atoms with Gasteiger partial charge in [-0.3, -0.25) is 0 Å². The molecule has 0 amide bonds. The molecule has 1 saturated carbocycles. The van der Waals surface area contributed by atoms with Crippen LogP contribution in [0.2, 0.25) is 0 Å². The van der Waals surface area contributed by atoms with Crippen LogP contribution in [0.5, 0.6) is 0 Å². The first-order chi connectivity index (χ1) is 9.22. The Morgan fingerprint density at radius 1 is 1.16 bits per heavy atom. The van der Waals surface area contributed by atoms with Crippen LogP contribution in [0.25, 0.3) is 0 Å². The highest BCUT2D eigenvalue weighted by Crippen LogP contribution is 2.33. The van der Waals surface area contributed by atoms with Crippen LogP contribution in [0, 0.1) is 17.7 Å². The van der Waals surface area contributed by atoms with E-state index in [1.807, 2.05) is 12.1 Å². The van der Waals surface area contributed by atoms with Crippen molar-refractivity contribution in [3.63, 3.8) is 0 Å². The van der Waals surface area contributed by atoms with Gasteiger partial charge >= 0.3 is 0 Å². The van der Waals surface area contributed by atoms with Gasteiger partial charge < -0.3 is 5.32 Å². The highest BCUT2D eigenvalue weighted by molar-refractivity contribution is 5.17. The van der Waals surface area contributed by atoms with Crippen LogP contribution in [0.15, 0.2) is 24.3 Å². The molecule has 1 aromatic carbocycles. The summed E-state index contributed by atoms with van der Waals surface area (Å²) in [4.78, 5) is 0. The second kappa shape index (κ2) is 7.04. The van der Waals surface area contributed by atoms with E-state index in [2.05, 4.69) is 19.2 Å². The summed E-state index contributed by atoms with van der Waals surface area (Å²) < 4.78 is 13.0. The van der Waals surface area contributed by atoms with E-state index in [1.165, 1.54) is 31.2 Å². The molecule has 1 nitrogen and oxygen atoms in total. The van der Waals surface area contributed by atoms with Crippen LogP contribution in [-0.2, 0) is 6.42 Å². The molecular formula is C17H26FN. The Labute approximate surface area is 116 Å². The number of hydrogen-bond acceptors (Lipinski definition) is 1. The topological polar surface area (TPSA) is 12.0 Å². The number of rotatable bonds is 5. The van der Waals surface area contributed by atoms with Crippen molar-refractivity contribution in [1.29, 1.82) is 0 Å². The third kappa shape index (κ3) is 4.04. The molecule has 1 aromatic rings. The third-order valence-corrected chi connectivity index (χ3v) is 4.55. The highest BCUT2D eigenvalue weighted by Gasteiger charge is 2.29. The Bertz CT molecular complexity index is 373. The smallest absolute Gasteiger partial charge is 0.123 e. The van der Waals surface area contributed by atoms with Crippen molar-refractivity contribution in [3.8, 4) is 0 Å². The van der Waals surface area contributed by atoms with Crippen LogP contribution in [-0.4, -0.2) is 12.6 Å². The maximum absolute atomic E-state index is 13.0. The van der Waals surface area contributed by atoms with Gasteiger partial charge in [0.15, 0.2) is 0 Å². The largest absolute Gasteiger partial charge is 0.314 e. The molecule has 0 saturated heterocycles. The van der Waals surface area contributed by atoms with E-state index in [1.54, 1.807) is 12.1 Å². The molecule has 1 fully saturated rings. The van der Waals surface area contributed by atoms with Crippen molar-refractivity contribution in [3.05, 3.63) is 35.6 Å². The van der Waals surface area contributed by atoms with Crippen LogP contribution in [0.1, 0.15) is 45.1 Å². The van der Waals surface area contributed by atoms with E-state index in [-0.39, 0.29) is 5.82 Å². The Morgan fingerprint density at radius 3 is 2.53 bits per heavy atom. The summed E-state index contributed by atoms with van der Waals surface area (Å²) in [5.74, 6) is 1.44. The van der Waals surface area contributed by atoms with Gasteiger partial charge in [0.25, 0.3) is 0 Å². The summed E-state index contributed by atoms with van der Waals surface area (Å²) in [5, 5.41) is 3.64. The lowest BCUT2D eigenvalue weighted by Gasteiger charge is -2.36. The van der Waals surface area contributed by atoms with Crippen molar-refractivity contribution in [2.75, 3.05) is 6.54 Å². The minimum absolute atomic E-state index is 0.137. The maximum atomic E-state index is 13.0. The maximum Gasteiger partial charge on any atom is 0.123 e. The van der Waals surface area contributed by atoms with Crippen molar-refractivity contribution in [1.82, 2.24) is 5.32 Å². The van der Waals surface area contributed by atoms with E-state index in [0.29, 0.717) is 12.0 Å². The van der Waals surface area contributed by atoms with Gasteiger partial charge in [0.05, 0.1) is 0 Å². The summed E-state index contributed by atoms with van der Waals surface area (Å²) in [6.07, 6.45) is 6.32. The molecule has 0 heterocycles. The first-order valence-corrected chi connectivity index (χ1v) is 7.70. The molecule has 0 bridgehead atoms. The fourth-order valence-electron chi connectivity index (χ4n) is 3.41. The van der Waals surface area contributed by atoms with E-state index in [0.717, 1.165) is 18.9 Å². The number of benzene rings is 1. The fraction of sp³-hybridized carbons (Fsp3) is 0.647. The SMILES string of the molecule is CCNC1CCC(CC)CC1Cc1ccc(F)cc1. The first-order valence-electron chi connectivity index (χ1n) is 7.70. The second-order valence-electron chi connectivity index (χ2n) is 5.84. The Kier molecular flexibility index (Phi) is 5.38. The predicted molar refractivity (Wildman–Crippen MR) is 78.7 cm³/mol. The van der Waals surface area contributed by atoms with E-state index < -0.39 is 0 Å². The van der Waals surface area contributed by atoms with Crippen LogP contribution in [0.3, 0.4) is 0 Å². The van der Waals surface area contributed by atoms with Crippen molar-refractivity contribution >= 4 is 0 Å². The van der Waals surface area contributed by atoms with E-state index in [9.17, 15) is 4.39 Å². The normalized spacial score (nSPS) is 27.4. The van der Waals surface area contributed by atoms with Gasteiger partial charge in [0.1, 0.15) is 5.82 Å². The van der Waals surface area contributed by atoms with Gasteiger partial charge in [-0.25, -0.2) is 4.39 Å². The number of hydrogen-bond donors (Lipinski definition) is 1. The lowest BCUT2D eigenvalue weighted by atomic mass is 9.74. The minimum Gasteiger partial charge on any atom is -0.314 e. The van der Waals surface area contributed by atoms with E-state index in [4.69, 9.17) is 0 Å². The second-order valence-corrected chi connectivity index (χ2v) is 5.84. The molecule has 2 heteroatoms. The zero-order valence-electron chi connectivity index (χ0n) is 12.2. The fourth-order valence-corrected chi connectivity index (χ4v) is 3.41. The Balaban J connectivity index is 2.02. The van der Waals surface area contributed by atoms with Crippen LogP contribution in [0.4, 0.5) is 4.39 Å². The summed E-state index contributed by atoms with van der Waals surface area (Å²) in [5.41, 5.74) is 1.27. The van der Waals surface area contributed by atoms with Gasteiger partial charge in [0.2, 0.25) is 0 Å². The molecule has 106 valence electrons. The predicted octanol–water partition coefficient (Wildman–Crippen LogP) is 4.17. The lowest BCUT2D eigenvalue weighted by molar-refractivity contribution is 0.200. The molecule has 3 unspecified atom stereocenters. The molecule has 1 aliphatic carbocycles. The number of nitrogens with one attached hydrogen (secondary N) is 1. The molecular weight excluding hydrogens is 237 g/mol. The molecule has 19 heavy (non-hydrogen) atoms. The monoisotopic (exact) mass is 263 g/mol. The third-order valence-electron chi connectivity index (χ3n) is 4.55. The average Bonchev–Trinajstić information content (AvgIpc) is 2.43. The highest BCUT2D eigenvalue weighted by atomic mass is 19.1. The van der Waals surface area contributed by atoms with Crippen molar-refractivity contribution in [2.24, 2.45) is 11.8 Å². The Morgan fingerprint density at radius 2 is 1.89 bits per heavy atom. The molecule has 0 aliphatic heterocycles. The molecule has 1 aliphatic rings. The van der Waals surface area contributed by atoms with Crippen molar-refractivity contribution in [2.45, 2.75) is 52.0 Å². The molecule has 0 spiro atoms. The Hall–Kier alpha value is -0.890. The van der Waals surface area contributed by atoms with Gasteiger partial charge in [-0.15, -0.1) is 0 Å². The zero-order chi connectivity index (χ0) is 13.7. The molecule has 0 radical (unpaired) electrons. The summed E-state index contributed by atoms with van der Waals surface area (Å²) in [7, 11) is 0. The summed E-state index contributed by atoms with van der Waals surface area (Å²) >= 11 is 0. The van der Waals surface area contributed by atoms with Gasteiger partial charge in [-0.1, -0.05) is 32.4 Å². The minimum atomic E-state index is -0.137. The van der Waals surface area contributed by atoms with Gasteiger partial charge in [-0.2, -0.15) is 0 Å². The lowest BCUT2D eigenvalue weighted by Crippen LogP contribution is -2.41. The standard InChI is InChI=1S/C17H26FN/c1-3-13-7-10-17(19-4-2)15(11-13)12-14-5-8-16(18)9-6-14/h5-6,8-9,13,15,17,19H,3-4,7,10-12H2,1-2H3. The average molecular weight is 263 g/mol.